The third-order valence-corrected chi connectivity index (χ3v) is 5.12. The predicted molar refractivity (Wildman–Crippen MR) is 86.1 cm³/mol. The van der Waals surface area contributed by atoms with Crippen LogP contribution in [0.3, 0.4) is 0 Å². The summed E-state index contributed by atoms with van der Waals surface area (Å²) in [6.07, 6.45) is 8.52. The number of nitrogens with zero attached hydrogens (tertiary/aromatic N) is 1. The molecule has 1 aromatic rings. The molecule has 118 valence electrons. The monoisotopic (exact) mass is 290 g/mol. The molecule has 2 atom stereocenters. The van der Waals surface area contributed by atoms with Gasteiger partial charge in [-0.15, -0.1) is 0 Å². The van der Waals surface area contributed by atoms with Gasteiger partial charge in [-0.25, -0.2) is 0 Å². The fraction of sp³-hybridized carbons (Fsp3) is 0.778. The molecule has 2 heterocycles. The molecule has 3 heteroatoms. The Morgan fingerprint density at radius 1 is 1.14 bits per heavy atom. The third kappa shape index (κ3) is 3.89. The van der Waals surface area contributed by atoms with Crippen molar-refractivity contribution >= 4 is 0 Å². The Labute approximate surface area is 129 Å². The van der Waals surface area contributed by atoms with Crippen LogP contribution >= 0.6 is 0 Å². The molecular weight excluding hydrogens is 260 g/mol. The molecule has 1 aromatic heterocycles. The molecule has 1 saturated carbocycles. The maximum atomic E-state index is 6.01. The van der Waals surface area contributed by atoms with Gasteiger partial charge < -0.3 is 9.73 Å². The minimum absolute atomic E-state index is 0.503. The highest BCUT2D eigenvalue weighted by atomic mass is 16.3. The average molecular weight is 290 g/mol. The number of hydrogen-bond acceptors (Lipinski definition) is 3. The Morgan fingerprint density at radius 3 is 2.76 bits per heavy atom. The summed E-state index contributed by atoms with van der Waals surface area (Å²) < 4.78 is 6.01. The molecule has 0 bridgehead atoms. The van der Waals surface area contributed by atoms with Crippen LogP contribution < -0.4 is 5.32 Å². The largest absolute Gasteiger partial charge is 0.463 e. The van der Waals surface area contributed by atoms with Crippen LogP contribution in [0, 0.1) is 5.92 Å². The summed E-state index contributed by atoms with van der Waals surface area (Å²) in [4.78, 5) is 2.69. The van der Waals surface area contributed by atoms with Crippen LogP contribution in [-0.4, -0.2) is 23.5 Å². The van der Waals surface area contributed by atoms with Crippen molar-refractivity contribution in [3.05, 3.63) is 23.7 Å². The number of fused-ring (bicyclic) bond motifs is 1. The first kappa shape index (κ1) is 15.1. The van der Waals surface area contributed by atoms with Gasteiger partial charge in [0.25, 0.3) is 0 Å². The Kier molecular flexibility index (Phi) is 5.02. The van der Waals surface area contributed by atoms with Crippen LogP contribution in [0.2, 0.25) is 0 Å². The summed E-state index contributed by atoms with van der Waals surface area (Å²) in [6, 6.07) is 5.62. The Balaban J connectivity index is 1.57. The van der Waals surface area contributed by atoms with E-state index in [1.807, 2.05) is 0 Å². The van der Waals surface area contributed by atoms with Crippen molar-refractivity contribution in [3.8, 4) is 0 Å². The zero-order chi connectivity index (χ0) is 14.7. The third-order valence-electron chi connectivity index (χ3n) is 5.12. The van der Waals surface area contributed by atoms with Gasteiger partial charge in [-0.1, -0.05) is 26.7 Å². The van der Waals surface area contributed by atoms with Crippen molar-refractivity contribution in [3.63, 3.8) is 0 Å². The maximum Gasteiger partial charge on any atom is 0.118 e. The van der Waals surface area contributed by atoms with Crippen LogP contribution in [0.25, 0.3) is 0 Å². The molecular formula is C18H30N2O. The first-order valence-electron chi connectivity index (χ1n) is 8.77. The van der Waals surface area contributed by atoms with Crippen LogP contribution in [0.1, 0.15) is 63.9 Å². The van der Waals surface area contributed by atoms with Gasteiger partial charge in [0.05, 0.1) is 13.1 Å². The SMILES string of the molecule is CC(C)NCc1ccc(CN2CCC[C@H]3CCCC[C@H]32)o1. The summed E-state index contributed by atoms with van der Waals surface area (Å²) in [6.45, 7) is 7.43. The van der Waals surface area contributed by atoms with Gasteiger partial charge in [0.15, 0.2) is 0 Å². The minimum Gasteiger partial charge on any atom is -0.463 e. The number of hydrogen-bond donors (Lipinski definition) is 1. The molecule has 0 aromatic carbocycles. The number of rotatable bonds is 5. The lowest BCUT2D eigenvalue weighted by molar-refractivity contribution is 0.0492. The second kappa shape index (κ2) is 6.97. The molecule has 1 N–H and O–H groups in total. The Morgan fingerprint density at radius 2 is 1.90 bits per heavy atom. The fourth-order valence-corrected chi connectivity index (χ4v) is 4.03. The normalized spacial score (nSPS) is 27.0. The summed E-state index contributed by atoms with van der Waals surface area (Å²) in [5, 5.41) is 3.42. The zero-order valence-corrected chi connectivity index (χ0v) is 13.6. The molecule has 1 aliphatic carbocycles. The number of likely N-dealkylation sites (tertiary alicyclic amines) is 1. The van der Waals surface area contributed by atoms with Crippen molar-refractivity contribution in [2.45, 2.75) is 77.5 Å². The molecule has 21 heavy (non-hydrogen) atoms. The maximum absolute atomic E-state index is 6.01. The first-order valence-corrected chi connectivity index (χ1v) is 8.77. The van der Waals surface area contributed by atoms with E-state index in [9.17, 15) is 0 Å². The quantitative estimate of drug-likeness (QED) is 0.890. The number of piperidine rings is 1. The van der Waals surface area contributed by atoms with E-state index in [0.717, 1.165) is 36.6 Å². The van der Waals surface area contributed by atoms with Gasteiger partial charge in [-0.05, 0) is 50.3 Å². The van der Waals surface area contributed by atoms with Crippen LogP contribution in [0.5, 0.6) is 0 Å². The molecule has 0 spiro atoms. The highest BCUT2D eigenvalue weighted by Gasteiger charge is 2.33. The smallest absolute Gasteiger partial charge is 0.118 e. The van der Waals surface area contributed by atoms with E-state index >= 15 is 0 Å². The van der Waals surface area contributed by atoms with Gasteiger partial charge in [0, 0.05) is 12.1 Å². The van der Waals surface area contributed by atoms with Crippen LogP contribution in [-0.2, 0) is 13.1 Å². The van der Waals surface area contributed by atoms with E-state index in [1.165, 1.54) is 45.1 Å². The van der Waals surface area contributed by atoms with E-state index in [2.05, 4.69) is 36.2 Å². The molecule has 1 aliphatic heterocycles. The molecule has 0 amide bonds. The number of furan rings is 1. The molecule has 3 nitrogen and oxygen atoms in total. The second-order valence-electron chi connectivity index (χ2n) is 7.13. The summed E-state index contributed by atoms with van der Waals surface area (Å²) >= 11 is 0. The lowest BCUT2D eigenvalue weighted by Gasteiger charge is -2.43. The van der Waals surface area contributed by atoms with Gasteiger partial charge in [0.2, 0.25) is 0 Å². The second-order valence-corrected chi connectivity index (χ2v) is 7.13. The summed E-state index contributed by atoms with van der Waals surface area (Å²) in [5.41, 5.74) is 0. The topological polar surface area (TPSA) is 28.4 Å². The van der Waals surface area contributed by atoms with Crippen molar-refractivity contribution in [2.75, 3.05) is 6.54 Å². The van der Waals surface area contributed by atoms with Crippen LogP contribution in [0.15, 0.2) is 16.5 Å². The highest BCUT2D eigenvalue weighted by Crippen LogP contribution is 2.36. The molecule has 0 radical (unpaired) electrons. The standard InChI is InChI=1S/C18H30N2O/c1-14(2)19-12-16-9-10-17(21-16)13-20-11-5-7-15-6-3-4-8-18(15)20/h9-10,14-15,18-19H,3-8,11-13H2,1-2H3/t15-,18-/m1/s1. The van der Waals surface area contributed by atoms with E-state index in [1.54, 1.807) is 0 Å². The molecule has 2 fully saturated rings. The minimum atomic E-state index is 0.503. The molecule has 3 rings (SSSR count). The van der Waals surface area contributed by atoms with E-state index < -0.39 is 0 Å². The lowest BCUT2D eigenvalue weighted by atomic mass is 9.78. The highest BCUT2D eigenvalue weighted by molar-refractivity contribution is 5.08. The van der Waals surface area contributed by atoms with Gasteiger partial charge in [0.1, 0.15) is 11.5 Å². The molecule has 2 aliphatic rings. The fourth-order valence-electron chi connectivity index (χ4n) is 4.03. The van der Waals surface area contributed by atoms with Crippen molar-refractivity contribution < 1.29 is 4.42 Å². The zero-order valence-electron chi connectivity index (χ0n) is 13.6. The molecule has 0 unspecified atom stereocenters. The van der Waals surface area contributed by atoms with Gasteiger partial charge in [-0.3, -0.25) is 4.90 Å². The van der Waals surface area contributed by atoms with Crippen molar-refractivity contribution in [1.29, 1.82) is 0 Å². The predicted octanol–water partition coefficient (Wildman–Crippen LogP) is 3.93. The first-order chi connectivity index (χ1) is 10.2. The van der Waals surface area contributed by atoms with Gasteiger partial charge in [-0.2, -0.15) is 0 Å². The average Bonchev–Trinajstić information content (AvgIpc) is 2.93. The van der Waals surface area contributed by atoms with E-state index in [4.69, 9.17) is 4.42 Å². The summed E-state index contributed by atoms with van der Waals surface area (Å²) in [7, 11) is 0. The number of nitrogens with one attached hydrogen (secondary N) is 1. The van der Waals surface area contributed by atoms with E-state index in [0.29, 0.717) is 6.04 Å². The summed E-state index contributed by atoms with van der Waals surface area (Å²) in [5.74, 6) is 3.15. The Bertz CT molecular complexity index is 438. The molecule has 1 saturated heterocycles. The van der Waals surface area contributed by atoms with Crippen LogP contribution in [0.4, 0.5) is 0 Å². The van der Waals surface area contributed by atoms with Crippen molar-refractivity contribution in [2.24, 2.45) is 5.92 Å². The van der Waals surface area contributed by atoms with E-state index in [-0.39, 0.29) is 0 Å². The lowest BCUT2D eigenvalue weighted by Crippen LogP contribution is -2.46. The van der Waals surface area contributed by atoms with Gasteiger partial charge >= 0.3 is 0 Å². The Hall–Kier alpha value is -0.800. The van der Waals surface area contributed by atoms with Crippen molar-refractivity contribution in [1.82, 2.24) is 10.2 Å².